The van der Waals surface area contributed by atoms with Crippen LogP contribution in [0, 0.1) is 6.92 Å². The first-order valence-electron chi connectivity index (χ1n) is 5.24. The fourth-order valence-corrected chi connectivity index (χ4v) is 2.78. The number of benzene rings is 1. The van der Waals surface area contributed by atoms with Crippen LogP contribution in [0.5, 0.6) is 11.5 Å². The zero-order valence-electron chi connectivity index (χ0n) is 9.58. The second kappa shape index (κ2) is 3.91. The molecule has 2 rings (SSSR count). The number of phenolic OH excluding ortho intramolecular Hbond substituents is 1. The van der Waals surface area contributed by atoms with Gasteiger partial charge >= 0.3 is 5.97 Å². The lowest BCUT2D eigenvalue weighted by atomic mass is 9.93. The Bertz CT molecular complexity index is 492. The molecule has 1 aliphatic rings. The van der Waals surface area contributed by atoms with E-state index in [-0.39, 0.29) is 5.75 Å². The fourth-order valence-electron chi connectivity index (χ4n) is 2.09. The lowest BCUT2D eigenvalue weighted by Crippen LogP contribution is -2.20. The van der Waals surface area contributed by atoms with Crippen molar-refractivity contribution in [1.82, 2.24) is 0 Å². The van der Waals surface area contributed by atoms with Crippen LogP contribution in [0.1, 0.15) is 24.0 Å². The van der Waals surface area contributed by atoms with E-state index < -0.39 is 11.4 Å². The van der Waals surface area contributed by atoms with E-state index in [1.165, 1.54) is 7.11 Å². The first-order chi connectivity index (χ1) is 7.94. The molecule has 1 aromatic carbocycles. The summed E-state index contributed by atoms with van der Waals surface area (Å²) in [6, 6.07) is 1.64. The summed E-state index contributed by atoms with van der Waals surface area (Å²) in [6.45, 7) is 1.71. The summed E-state index contributed by atoms with van der Waals surface area (Å²) >= 11 is 3.33. The van der Waals surface area contributed by atoms with Gasteiger partial charge in [0.05, 0.1) is 17.0 Å². The van der Waals surface area contributed by atoms with Crippen molar-refractivity contribution in [3.05, 3.63) is 21.7 Å². The molecule has 0 unspecified atom stereocenters. The molecule has 17 heavy (non-hydrogen) atoms. The summed E-state index contributed by atoms with van der Waals surface area (Å²) in [7, 11) is 1.51. The zero-order chi connectivity index (χ0) is 12.8. The number of phenols is 1. The van der Waals surface area contributed by atoms with Crippen LogP contribution in [0.15, 0.2) is 10.5 Å². The van der Waals surface area contributed by atoms with Crippen molar-refractivity contribution in [2.24, 2.45) is 0 Å². The number of methoxy groups -OCH3 is 1. The van der Waals surface area contributed by atoms with Crippen LogP contribution < -0.4 is 4.74 Å². The first kappa shape index (κ1) is 12.2. The van der Waals surface area contributed by atoms with Crippen molar-refractivity contribution in [3.8, 4) is 11.5 Å². The lowest BCUT2D eigenvalue weighted by Gasteiger charge is -2.17. The SMILES string of the molecule is COc1c(Br)cc(C2(C(=O)O)CC2)c(O)c1C. The molecule has 0 radical (unpaired) electrons. The standard InChI is InChI=1S/C12H13BrO4/c1-6-9(14)7(5-8(13)10(6)17-2)12(3-4-12)11(15)16/h5,14H,3-4H2,1-2H3,(H,15,16). The number of halogens is 1. The van der Waals surface area contributed by atoms with Gasteiger partial charge in [0.15, 0.2) is 0 Å². The minimum atomic E-state index is -0.913. The average Bonchev–Trinajstić information content (AvgIpc) is 3.05. The molecule has 1 aliphatic carbocycles. The predicted molar refractivity (Wildman–Crippen MR) is 65.6 cm³/mol. The molecule has 0 aromatic heterocycles. The van der Waals surface area contributed by atoms with Crippen LogP contribution in [-0.2, 0) is 10.2 Å². The number of hydrogen-bond acceptors (Lipinski definition) is 3. The molecular weight excluding hydrogens is 288 g/mol. The van der Waals surface area contributed by atoms with Gasteiger partial charge in [-0.25, -0.2) is 0 Å². The summed E-state index contributed by atoms with van der Waals surface area (Å²) in [6.07, 6.45) is 1.13. The smallest absolute Gasteiger partial charge is 0.314 e. The number of aromatic hydroxyl groups is 1. The molecule has 0 aliphatic heterocycles. The van der Waals surface area contributed by atoms with Crippen LogP contribution in [0.3, 0.4) is 0 Å². The van der Waals surface area contributed by atoms with Gasteiger partial charge < -0.3 is 14.9 Å². The Kier molecular flexibility index (Phi) is 2.81. The number of carboxylic acids is 1. The van der Waals surface area contributed by atoms with Gasteiger partial charge in [0.2, 0.25) is 0 Å². The van der Waals surface area contributed by atoms with E-state index in [0.29, 0.717) is 34.2 Å². The third-order valence-corrected chi connectivity index (χ3v) is 3.91. The third-order valence-electron chi connectivity index (χ3n) is 3.32. The lowest BCUT2D eigenvalue weighted by molar-refractivity contribution is -0.140. The highest BCUT2D eigenvalue weighted by molar-refractivity contribution is 9.10. The van der Waals surface area contributed by atoms with Crippen molar-refractivity contribution in [3.63, 3.8) is 0 Å². The Morgan fingerprint density at radius 1 is 1.53 bits per heavy atom. The minimum absolute atomic E-state index is 0.0185. The Labute approximate surface area is 107 Å². The normalized spacial score (nSPS) is 16.6. The number of aliphatic carboxylic acids is 1. The quantitative estimate of drug-likeness (QED) is 0.900. The maximum Gasteiger partial charge on any atom is 0.314 e. The average molecular weight is 301 g/mol. The van der Waals surface area contributed by atoms with Crippen LogP contribution >= 0.6 is 15.9 Å². The van der Waals surface area contributed by atoms with E-state index >= 15 is 0 Å². The second-order valence-corrected chi connectivity index (χ2v) is 5.15. The molecule has 2 N–H and O–H groups in total. The molecule has 92 valence electrons. The van der Waals surface area contributed by atoms with Gasteiger partial charge in [0.25, 0.3) is 0 Å². The molecule has 4 nitrogen and oxygen atoms in total. The third kappa shape index (κ3) is 1.69. The molecule has 5 heteroatoms. The highest BCUT2D eigenvalue weighted by atomic mass is 79.9. The van der Waals surface area contributed by atoms with Crippen molar-refractivity contribution >= 4 is 21.9 Å². The molecule has 1 aromatic rings. The summed E-state index contributed by atoms with van der Waals surface area (Å²) in [5.74, 6) is -0.332. The predicted octanol–water partition coefficient (Wildman–Crippen LogP) is 2.59. The summed E-state index contributed by atoms with van der Waals surface area (Å²) < 4.78 is 5.82. The number of rotatable bonds is 3. The van der Waals surface area contributed by atoms with Gasteiger partial charge in [-0.15, -0.1) is 0 Å². The topological polar surface area (TPSA) is 66.8 Å². The van der Waals surface area contributed by atoms with Crippen LogP contribution in [0.25, 0.3) is 0 Å². The van der Waals surface area contributed by atoms with Crippen molar-refractivity contribution < 1.29 is 19.7 Å². The zero-order valence-corrected chi connectivity index (χ0v) is 11.2. The molecule has 0 amide bonds. The van der Waals surface area contributed by atoms with E-state index in [0.717, 1.165) is 0 Å². The second-order valence-electron chi connectivity index (χ2n) is 4.30. The first-order valence-corrected chi connectivity index (χ1v) is 6.03. The number of hydrogen-bond donors (Lipinski definition) is 2. The van der Waals surface area contributed by atoms with E-state index in [1.54, 1.807) is 13.0 Å². The molecule has 1 saturated carbocycles. The van der Waals surface area contributed by atoms with E-state index in [4.69, 9.17) is 4.74 Å². The van der Waals surface area contributed by atoms with Crippen LogP contribution in [-0.4, -0.2) is 23.3 Å². The molecule has 0 heterocycles. The van der Waals surface area contributed by atoms with Crippen molar-refractivity contribution in [1.29, 1.82) is 0 Å². The van der Waals surface area contributed by atoms with Crippen LogP contribution in [0.2, 0.25) is 0 Å². The van der Waals surface area contributed by atoms with Gasteiger partial charge in [-0.1, -0.05) is 0 Å². The van der Waals surface area contributed by atoms with Gasteiger partial charge in [0, 0.05) is 11.1 Å². The maximum atomic E-state index is 11.3. The number of carboxylic acid groups (broad SMARTS) is 1. The molecule has 0 spiro atoms. The highest BCUT2D eigenvalue weighted by Crippen LogP contribution is 2.54. The Morgan fingerprint density at radius 2 is 2.12 bits per heavy atom. The van der Waals surface area contributed by atoms with Gasteiger partial charge in [-0.2, -0.15) is 0 Å². The number of ether oxygens (including phenoxy) is 1. The largest absolute Gasteiger partial charge is 0.507 e. The van der Waals surface area contributed by atoms with E-state index in [9.17, 15) is 15.0 Å². The molecule has 0 bridgehead atoms. The van der Waals surface area contributed by atoms with Gasteiger partial charge in [-0.3, -0.25) is 4.79 Å². The Hall–Kier alpha value is -1.23. The van der Waals surface area contributed by atoms with Crippen LogP contribution in [0.4, 0.5) is 0 Å². The number of carbonyl (C=O) groups is 1. The fraction of sp³-hybridized carbons (Fsp3) is 0.417. The maximum absolute atomic E-state index is 11.3. The minimum Gasteiger partial charge on any atom is -0.507 e. The highest BCUT2D eigenvalue weighted by Gasteiger charge is 2.53. The van der Waals surface area contributed by atoms with E-state index in [1.807, 2.05) is 0 Å². The molecule has 0 saturated heterocycles. The van der Waals surface area contributed by atoms with E-state index in [2.05, 4.69) is 15.9 Å². The monoisotopic (exact) mass is 300 g/mol. The van der Waals surface area contributed by atoms with Crippen molar-refractivity contribution in [2.75, 3.05) is 7.11 Å². The van der Waals surface area contributed by atoms with Crippen molar-refractivity contribution in [2.45, 2.75) is 25.2 Å². The summed E-state index contributed by atoms with van der Waals surface area (Å²) in [4.78, 5) is 11.3. The molecule has 0 atom stereocenters. The Balaban J connectivity index is 2.62. The molecule has 1 fully saturated rings. The summed E-state index contributed by atoms with van der Waals surface area (Å²) in [5, 5.41) is 19.3. The summed E-state index contributed by atoms with van der Waals surface area (Å²) in [5.41, 5.74) is 0.114. The Morgan fingerprint density at radius 3 is 2.53 bits per heavy atom. The van der Waals surface area contributed by atoms with Gasteiger partial charge in [0.1, 0.15) is 11.5 Å². The van der Waals surface area contributed by atoms with Gasteiger partial charge in [-0.05, 0) is 41.8 Å². The molecular formula is C12H13BrO4.